The van der Waals surface area contributed by atoms with E-state index in [1.54, 1.807) is 14.0 Å². The van der Waals surface area contributed by atoms with E-state index in [0.717, 1.165) is 12.3 Å². The Hall–Kier alpha value is -2.16. The Bertz CT molecular complexity index is 470. The minimum Gasteiger partial charge on any atom is -0.478 e. The highest BCUT2D eigenvalue weighted by molar-refractivity contribution is 5.93. The van der Waals surface area contributed by atoms with E-state index in [1.807, 2.05) is 6.07 Å². The molecule has 0 radical (unpaired) electrons. The molecule has 1 aromatic rings. The van der Waals surface area contributed by atoms with Crippen LogP contribution in [0.15, 0.2) is 12.3 Å². The highest BCUT2D eigenvalue weighted by Crippen LogP contribution is 2.18. The zero-order valence-corrected chi connectivity index (χ0v) is 9.51. The number of aromatic nitrogens is 1. The molecule has 0 spiro atoms. The summed E-state index contributed by atoms with van der Waals surface area (Å²) in [6.07, 6.45) is 0.954. The van der Waals surface area contributed by atoms with Gasteiger partial charge in [0.15, 0.2) is 0 Å². The van der Waals surface area contributed by atoms with Gasteiger partial charge in [-0.05, 0) is 13.0 Å². The third-order valence-corrected chi connectivity index (χ3v) is 2.19. The molecule has 90 valence electrons. The van der Waals surface area contributed by atoms with E-state index in [2.05, 4.69) is 4.98 Å². The molecule has 0 fully saturated rings. The number of hydrogen-bond acceptors (Lipinski definition) is 4. The third-order valence-electron chi connectivity index (χ3n) is 2.19. The number of halogens is 1. The standard InChI is InChI=1S/C11H12FN3O2/c1-7(4-13)6-15(2)10-9(11(16)17)3-8(12)5-14-10/h3,5,7H,6H2,1-2H3,(H,16,17). The normalized spacial score (nSPS) is 11.6. The van der Waals surface area contributed by atoms with Crippen LogP contribution in [0.5, 0.6) is 0 Å². The Labute approximate surface area is 98.1 Å². The smallest absolute Gasteiger partial charge is 0.339 e. The van der Waals surface area contributed by atoms with Crippen molar-refractivity contribution < 1.29 is 14.3 Å². The lowest BCUT2D eigenvalue weighted by molar-refractivity contribution is 0.0696. The number of rotatable bonds is 4. The van der Waals surface area contributed by atoms with Crippen LogP contribution in [0.2, 0.25) is 0 Å². The average Bonchev–Trinajstić information content (AvgIpc) is 2.28. The van der Waals surface area contributed by atoms with Crippen LogP contribution in [-0.4, -0.2) is 29.7 Å². The van der Waals surface area contributed by atoms with Crippen LogP contribution in [0, 0.1) is 23.1 Å². The summed E-state index contributed by atoms with van der Waals surface area (Å²) in [5, 5.41) is 17.6. The summed E-state index contributed by atoms with van der Waals surface area (Å²) in [6.45, 7) is 2.04. The van der Waals surface area contributed by atoms with E-state index in [0.29, 0.717) is 6.54 Å². The molecule has 1 unspecified atom stereocenters. The molecule has 1 heterocycles. The molecular formula is C11H12FN3O2. The van der Waals surface area contributed by atoms with Gasteiger partial charge in [-0.15, -0.1) is 0 Å². The Morgan fingerprint density at radius 1 is 1.76 bits per heavy atom. The Balaban J connectivity index is 3.05. The van der Waals surface area contributed by atoms with Gasteiger partial charge in [0.2, 0.25) is 0 Å². The Kier molecular flexibility index (Phi) is 3.99. The zero-order chi connectivity index (χ0) is 13.0. The van der Waals surface area contributed by atoms with Crippen molar-refractivity contribution in [3.8, 4) is 6.07 Å². The summed E-state index contributed by atoms with van der Waals surface area (Å²) in [5.74, 6) is -2.06. The van der Waals surface area contributed by atoms with Crippen molar-refractivity contribution in [1.29, 1.82) is 5.26 Å². The molecule has 0 saturated carbocycles. The lowest BCUT2D eigenvalue weighted by Gasteiger charge is -2.20. The van der Waals surface area contributed by atoms with E-state index in [9.17, 15) is 9.18 Å². The molecular weight excluding hydrogens is 225 g/mol. The van der Waals surface area contributed by atoms with E-state index in [4.69, 9.17) is 10.4 Å². The van der Waals surface area contributed by atoms with Gasteiger partial charge in [-0.25, -0.2) is 14.2 Å². The monoisotopic (exact) mass is 237 g/mol. The van der Waals surface area contributed by atoms with Gasteiger partial charge in [0.25, 0.3) is 0 Å². The number of aromatic carboxylic acids is 1. The molecule has 1 rings (SSSR count). The summed E-state index contributed by atoms with van der Waals surface area (Å²) in [4.78, 5) is 16.2. The Morgan fingerprint density at radius 2 is 2.41 bits per heavy atom. The summed E-state index contributed by atoms with van der Waals surface area (Å²) in [5.41, 5.74) is -0.211. The van der Waals surface area contributed by atoms with Crippen LogP contribution in [0.3, 0.4) is 0 Å². The number of nitriles is 1. The Morgan fingerprint density at radius 3 is 2.94 bits per heavy atom. The van der Waals surface area contributed by atoms with Gasteiger partial charge < -0.3 is 10.0 Å². The fourth-order valence-corrected chi connectivity index (χ4v) is 1.43. The first-order chi connectivity index (χ1) is 7.95. The lowest BCUT2D eigenvalue weighted by Crippen LogP contribution is -2.26. The molecule has 1 aromatic heterocycles. The van der Waals surface area contributed by atoms with Crippen molar-refractivity contribution in [2.45, 2.75) is 6.92 Å². The number of nitrogens with zero attached hydrogens (tertiary/aromatic N) is 3. The van der Waals surface area contributed by atoms with Crippen LogP contribution < -0.4 is 4.90 Å². The fraction of sp³-hybridized carbons (Fsp3) is 0.364. The maximum Gasteiger partial charge on any atom is 0.339 e. The largest absolute Gasteiger partial charge is 0.478 e. The minimum atomic E-state index is -1.25. The SMILES string of the molecule is CC(C#N)CN(C)c1ncc(F)cc1C(=O)O. The van der Waals surface area contributed by atoms with Crippen LogP contribution >= 0.6 is 0 Å². The molecule has 0 aliphatic carbocycles. The van der Waals surface area contributed by atoms with Gasteiger partial charge in [-0.3, -0.25) is 0 Å². The van der Waals surface area contributed by atoms with Crippen LogP contribution in [0.25, 0.3) is 0 Å². The molecule has 5 nitrogen and oxygen atoms in total. The molecule has 17 heavy (non-hydrogen) atoms. The number of carbonyl (C=O) groups is 1. The first-order valence-electron chi connectivity index (χ1n) is 4.95. The molecule has 0 amide bonds. The van der Waals surface area contributed by atoms with Crippen molar-refractivity contribution in [2.75, 3.05) is 18.5 Å². The van der Waals surface area contributed by atoms with Crippen molar-refractivity contribution in [3.05, 3.63) is 23.6 Å². The highest BCUT2D eigenvalue weighted by atomic mass is 19.1. The first-order valence-corrected chi connectivity index (χ1v) is 4.95. The van der Waals surface area contributed by atoms with Crippen molar-refractivity contribution in [1.82, 2.24) is 4.98 Å². The van der Waals surface area contributed by atoms with Gasteiger partial charge in [0.1, 0.15) is 17.2 Å². The van der Waals surface area contributed by atoms with Gasteiger partial charge >= 0.3 is 5.97 Å². The van der Waals surface area contributed by atoms with Gasteiger partial charge in [-0.2, -0.15) is 5.26 Å². The third kappa shape index (κ3) is 3.14. The van der Waals surface area contributed by atoms with Gasteiger partial charge in [0, 0.05) is 13.6 Å². The van der Waals surface area contributed by atoms with Crippen molar-refractivity contribution in [2.24, 2.45) is 5.92 Å². The highest BCUT2D eigenvalue weighted by Gasteiger charge is 2.17. The zero-order valence-electron chi connectivity index (χ0n) is 9.51. The van der Waals surface area contributed by atoms with Crippen molar-refractivity contribution >= 4 is 11.8 Å². The van der Waals surface area contributed by atoms with Gasteiger partial charge in [0.05, 0.1) is 18.2 Å². The summed E-state index contributed by atoms with van der Waals surface area (Å²) in [7, 11) is 1.61. The summed E-state index contributed by atoms with van der Waals surface area (Å²) in [6, 6.07) is 2.95. The number of anilines is 1. The molecule has 1 N–H and O–H groups in total. The van der Waals surface area contributed by atoms with E-state index in [-0.39, 0.29) is 17.3 Å². The second-order valence-corrected chi connectivity index (χ2v) is 3.74. The molecule has 0 aliphatic heterocycles. The number of carboxylic acids is 1. The summed E-state index contributed by atoms with van der Waals surface area (Å²) < 4.78 is 12.9. The predicted octanol–water partition coefficient (Wildman–Crippen LogP) is 1.51. The maximum atomic E-state index is 12.9. The average molecular weight is 237 g/mol. The lowest BCUT2D eigenvalue weighted by atomic mass is 10.2. The van der Waals surface area contributed by atoms with Gasteiger partial charge in [-0.1, -0.05) is 0 Å². The quantitative estimate of drug-likeness (QED) is 0.858. The van der Waals surface area contributed by atoms with E-state index >= 15 is 0 Å². The molecule has 0 saturated heterocycles. The van der Waals surface area contributed by atoms with Crippen LogP contribution in [0.4, 0.5) is 10.2 Å². The van der Waals surface area contributed by atoms with Crippen LogP contribution in [0.1, 0.15) is 17.3 Å². The number of carboxylic acid groups (broad SMARTS) is 1. The molecule has 6 heteroatoms. The van der Waals surface area contributed by atoms with Crippen molar-refractivity contribution in [3.63, 3.8) is 0 Å². The number of pyridine rings is 1. The maximum absolute atomic E-state index is 12.9. The molecule has 0 aliphatic rings. The second-order valence-electron chi connectivity index (χ2n) is 3.74. The predicted molar refractivity (Wildman–Crippen MR) is 59.2 cm³/mol. The minimum absolute atomic E-state index is 0.154. The molecule has 0 bridgehead atoms. The second kappa shape index (κ2) is 5.25. The summed E-state index contributed by atoms with van der Waals surface area (Å²) >= 11 is 0. The number of hydrogen-bond donors (Lipinski definition) is 1. The van der Waals surface area contributed by atoms with E-state index < -0.39 is 11.8 Å². The first kappa shape index (κ1) is 12.9. The topological polar surface area (TPSA) is 77.2 Å². The molecule has 0 aromatic carbocycles. The molecule has 1 atom stereocenters. The fourth-order valence-electron chi connectivity index (χ4n) is 1.43. The van der Waals surface area contributed by atoms with E-state index in [1.165, 1.54) is 4.90 Å². The van der Waals surface area contributed by atoms with Crippen LogP contribution in [-0.2, 0) is 0 Å².